The Bertz CT molecular complexity index is 404. The molecule has 0 aromatic carbocycles. The van der Waals surface area contributed by atoms with Crippen LogP contribution in [0.15, 0.2) is 18.5 Å². The number of nitrogen functional groups attached to an aromatic ring is 1. The van der Waals surface area contributed by atoms with Crippen molar-refractivity contribution in [3.8, 4) is 10.7 Å². The number of anilines is 1. The van der Waals surface area contributed by atoms with Crippen molar-refractivity contribution in [1.29, 1.82) is 0 Å². The average Bonchev–Trinajstić information content (AvgIpc) is 2.71. The minimum atomic E-state index is 0.806. The van der Waals surface area contributed by atoms with Gasteiger partial charge in [-0.25, -0.2) is 9.67 Å². The molecule has 2 N–H and O–H groups in total. The summed E-state index contributed by atoms with van der Waals surface area (Å²) < 4.78 is 1.85. The molecule has 0 saturated heterocycles. The second kappa shape index (κ2) is 3.18. The first-order chi connectivity index (χ1) is 6.31. The maximum Gasteiger partial charge on any atom is 0.168 e. The third kappa shape index (κ3) is 1.42. The van der Waals surface area contributed by atoms with Gasteiger partial charge in [-0.1, -0.05) is 0 Å². The third-order valence-corrected chi connectivity index (χ3v) is 2.67. The molecule has 0 atom stereocenters. The minimum absolute atomic E-state index is 0.806. The van der Waals surface area contributed by atoms with Crippen LogP contribution in [0.4, 0.5) is 5.00 Å². The van der Waals surface area contributed by atoms with Gasteiger partial charge in [-0.15, -0.1) is 11.3 Å². The van der Waals surface area contributed by atoms with Gasteiger partial charge in [0.1, 0.15) is 6.33 Å². The Morgan fingerprint density at radius 1 is 1.54 bits per heavy atom. The van der Waals surface area contributed by atoms with Gasteiger partial charge in [-0.3, -0.25) is 0 Å². The van der Waals surface area contributed by atoms with E-state index in [-0.39, 0.29) is 0 Å². The lowest BCUT2D eigenvalue weighted by Gasteiger charge is -1.98. The van der Waals surface area contributed by atoms with Crippen LogP contribution in [0, 0.1) is 0 Å². The number of hydrogen-bond donors (Lipinski definition) is 1. The molecule has 0 amide bonds. The fourth-order valence-electron chi connectivity index (χ4n) is 1.16. The molecule has 0 spiro atoms. The monoisotopic (exact) mass is 194 g/mol. The van der Waals surface area contributed by atoms with Gasteiger partial charge in [0.2, 0.25) is 0 Å². The highest BCUT2D eigenvalue weighted by Crippen LogP contribution is 2.27. The first kappa shape index (κ1) is 8.25. The van der Waals surface area contributed by atoms with E-state index in [0.717, 1.165) is 22.2 Å². The average molecular weight is 194 g/mol. The van der Waals surface area contributed by atoms with Gasteiger partial charge in [0, 0.05) is 6.54 Å². The largest absolute Gasteiger partial charge is 0.391 e. The molecule has 5 heteroatoms. The lowest BCUT2D eigenvalue weighted by Crippen LogP contribution is -1.98. The third-order valence-electron chi connectivity index (χ3n) is 1.76. The second-order valence-electron chi connectivity index (χ2n) is 2.60. The van der Waals surface area contributed by atoms with Crippen LogP contribution in [0.2, 0.25) is 0 Å². The Kier molecular flexibility index (Phi) is 2.02. The van der Waals surface area contributed by atoms with Crippen LogP contribution in [-0.4, -0.2) is 14.8 Å². The molecule has 2 aromatic heterocycles. The Morgan fingerprint density at radius 2 is 2.38 bits per heavy atom. The van der Waals surface area contributed by atoms with Crippen LogP contribution in [0.25, 0.3) is 10.7 Å². The van der Waals surface area contributed by atoms with Gasteiger partial charge < -0.3 is 5.73 Å². The Morgan fingerprint density at radius 3 is 3.00 bits per heavy atom. The Labute approximate surface area is 80.0 Å². The number of hydrogen-bond acceptors (Lipinski definition) is 4. The van der Waals surface area contributed by atoms with Crippen LogP contribution in [-0.2, 0) is 6.54 Å². The highest BCUT2D eigenvalue weighted by atomic mass is 32.1. The van der Waals surface area contributed by atoms with Gasteiger partial charge in [-0.05, 0) is 19.1 Å². The Balaban J connectivity index is 2.45. The second-order valence-corrected chi connectivity index (χ2v) is 3.72. The van der Waals surface area contributed by atoms with Crippen molar-refractivity contribution in [2.75, 3.05) is 5.73 Å². The molecule has 68 valence electrons. The predicted molar refractivity (Wildman–Crippen MR) is 53.4 cm³/mol. The zero-order valence-corrected chi connectivity index (χ0v) is 8.08. The lowest BCUT2D eigenvalue weighted by molar-refractivity contribution is 0.667. The normalized spacial score (nSPS) is 10.5. The topological polar surface area (TPSA) is 56.7 Å². The summed E-state index contributed by atoms with van der Waals surface area (Å²) in [4.78, 5) is 5.24. The number of nitrogens with zero attached hydrogens (tertiary/aromatic N) is 3. The minimum Gasteiger partial charge on any atom is -0.391 e. The molecule has 4 nitrogen and oxygen atoms in total. The molecule has 0 aliphatic carbocycles. The predicted octanol–water partition coefficient (Wildman–Crippen LogP) is 1.61. The van der Waals surface area contributed by atoms with E-state index < -0.39 is 0 Å². The molecule has 0 bridgehead atoms. The molecule has 0 aliphatic rings. The summed E-state index contributed by atoms with van der Waals surface area (Å²) in [5.74, 6) is 0.893. The standard InChI is InChI=1S/C8H10N4S/c1-2-12-8(10-5-11-12)6-3-4-7(9)13-6/h3-5H,2,9H2,1H3. The van der Waals surface area contributed by atoms with Crippen molar-refractivity contribution in [2.45, 2.75) is 13.5 Å². The molecule has 0 saturated carbocycles. The zero-order valence-electron chi connectivity index (χ0n) is 7.27. The van der Waals surface area contributed by atoms with Gasteiger partial charge >= 0.3 is 0 Å². The van der Waals surface area contributed by atoms with E-state index in [1.54, 1.807) is 6.33 Å². The molecular weight excluding hydrogens is 184 g/mol. The molecule has 2 heterocycles. The van der Waals surface area contributed by atoms with E-state index in [1.165, 1.54) is 11.3 Å². The summed E-state index contributed by atoms with van der Waals surface area (Å²) in [6.45, 7) is 2.86. The van der Waals surface area contributed by atoms with E-state index in [1.807, 2.05) is 23.7 Å². The van der Waals surface area contributed by atoms with Gasteiger partial charge in [-0.2, -0.15) is 5.10 Å². The summed E-state index contributed by atoms with van der Waals surface area (Å²) >= 11 is 1.53. The molecule has 0 fully saturated rings. The van der Waals surface area contributed by atoms with E-state index in [2.05, 4.69) is 10.1 Å². The van der Waals surface area contributed by atoms with Crippen LogP contribution < -0.4 is 5.73 Å². The van der Waals surface area contributed by atoms with Crippen molar-refractivity contribution < 1.29 is 0 Å². The summed E-state index contributed by atoms with van der Waals surface area (Å²) in [5.41, 5.74) is 5.64. The molecule has 2 rings (SSSR count). The van der Waals surface area contributed by atoms with Crippen molar-refractivity contribution in [3.05, 3.63) is 18.5 Å². The van der Waals surface area contributed by atoms with Gasteiger partial charge in [0.15, 0.2) is 5.82 Å². The van der Waals surface area contributed by atoms with Crippen molar-refractivity contribution in [3.63, 3.8) is 0 Å². The fraction of sp³-hybridized carbons (Fsp3) is 0.250. The van der Waals surface area contributed by atoms with E-state index in [0.29, 0.717) is 0 Å². The van der Waals surface area contributed by atoms with E-state index in [9.17, 15) is 0 Å². The van der Waals surface area contributed by atoms with Crippen molar-refractivity contribution in [2.24, 2.45) is 0 Å². The molecule has 13 heavy (non-hydrogen) atoms. The highest BCUT2D eigenvalue weighted by molar-refractivity contribution is 7.19. The maximum atomic E-state index is 5.64. The van der Waals surface area contributed by atoms with Crippen LogP contribution in [0.3, 0.4) is 0 Å². The molecule has 0 radical (unpaired) electrons. The summed E-state index contributed by atoms with van der Waals surface area (Å²) in [5, 5.41) is 4.90. The van der Waals surface area contributed by atoms with Crippen LogP contribution in [0.1, 0.15) is 6.92 Å². The van der Waals surface area contributed by atoms with E-state index >= 15 is 0 Å². The smallest absolute Gasteiger partial charge is 0.168 e. The fourth-order valence-corrected chi connectivity index (χ4v) is 1.93. The highest BCUT2D eigenvalue weighted by Gasteiger charge is 2.07. The van der Waals surface area contributed by atoms with Crippen LogP contribution in [0.5, 0.6) is 0 Å². The van der Waals surface area contributed by atoms with Gasteiger partial charge in [0.25, 0.3) is 0 Å². The van der Waals surface area contributed by atoms with Crippen molar-refractivity contribution in [1.82, 2.24) is 14.8 Å². The first-order valence-corrected chi connectivity index (χ1v) is 4.86. The summed E-state index contributed by atoms with van der Waals surface area (Å²) in [7, 11) is 0. The van der Waals surface area contributed by atoms with Crippen molar-refractivity contribution >= 4 is 16.3 Å². The number of thiophene rings is 1. The molecular formula is C8H10N4S. The Hall–Kier alpha value is -1.36. The molecule has 0 aliphatic heterocycles. The van der Waals surface area contributed by atoms with Gasteiger partial charge in [0.05, 0.1) is 9.88 Å². The summed E-state index contributed by atoms with van der Waals surface area (Å²) in [6.07, 6.45) is 1.56. The van der Waals surface area contributed by atoms with Crippen LogP contribution >= 0.6 is 11.3 Å². The quantitative estimate of drug-likeness (QED) is 0.790. The lowest BCUT2D eigenvalue weighted by atomic mass is 10.4. The maximum absolute atomic E-state index is 5.64. The first-order valence-electron chi connectivity index (χ1n) is 4.04. The molecule has 2 aromatic rings. The van der Waals surface area contributed by atoms with E-state index in [4.69, 9.17) is 5.73 Å². The number of rotatable bonds is 2. The molecule has 0 unspecified atom stereocenters. The SMILES string of the molecule is CCn1ncnc1-c1ccc(N)s1. The number of nitrogens with two attached hydrogens (primary N) is 1. The zero-order chi connectivity index (χ0) is 9.26. The summed E-state index contributed by atoms with van der Waals surface area (Å²) in [6, 6.07) is 3.85. The number of aromatic nitrogens is 3. The number of aryl methyl sites for hydroxylation is 1.